The number of carbonyl (C=O) groups is 2. The third-order valence-electron chi connectivity index (χ3n) is 6.76. The van der Waals surface area contributed by atoms with Gasteiger partial charge in [0.25, 0.3) is 0 Å². The van der Waals surface area contributed by atoms with Crippen LogP contribution in [-0.2, 0) is 9.59 Å². The van der Waals surface area contributed by atoms with E-state index in [1.54, 1.807) is 0 Å². The average molecular weight is 520 g/mol. The summed E-state index contributed by atoms with van der Waals surface area (Å²) >= 11 is 0. The highest BCUT2D eigenvalue weighted by atomic mass is 19.4. The summed E-state index contributed by atoms with van der Waals surface area (Å²) in [5.41, 5.74) is 1.49. The van der Waals surface area contributed by atoms with E-state index in [1.807, 2.05) is 37.3 Å². The molecule has 0 spiro atoms. The molecule has 1 saturated carbocycles. The highest BCUT2D eigenvalue weighted by molar-refractivity contribution is 5.90. The van der Waals surface area contributed by atoms with E-state index in [0.29, 0.717) is 31.1 Å². The Hall–Kier alpha value is -3.23. The van der Waals surface area contributed by atoms with Crippen molar-refractivity contribution in [2.45, 2.75) is 70.2 Å². The van der Waals surface area contributed by atoms with Gasteiger partial charge in [-0.3, -0.25) is 9.59 Å². The van der Waals surface area contributed by atoms with E-state index in [1.165, 1.54) is 56.4 Å². The first kappa shape index (κ1) is 28.3. The summed E-state index contributed by atoms with van der Waals surface area (Å²) in [5, 5.41) is 8.89. The second kappa shape index (κ2) is 13.9. The Morgan fingerprint density at radius 3 is 2.27 bits per heavy atom. The van der Waals surface area contributed by atoms with Crippen molar-refractivity contribution in [3.05, 3.63) is 60.2 Å². The van der Waals surface area contributed by atoms with Gasteiger partial charge in [0.2, 0.25) is 11.8 Å². The number of rotatable bonds is 12. The van der Waals surface area contributed by atoms with Crippen LogP contribution < -0.4 is 20.7 Å². The molecule has 3 N–H and O–H groups in total. The lowest BCUT2D eigenvalue weighted by molar-refractivity contribution is -0.274. The molecule has 0 heterocycles. The lowest BCUT2D eigenvalue weighted by Gasteiger charge is -2.25. The number of alkyl halides is 3. The minimum Gasteiger partial charge on any atom is -0.406 e. The summed E-state index contributed by atoms with van der Waals surface area (Å²) in [6.45, 7) is 2.49. The molecule has 1 aliphatic carbocycles. The van der Waals surface area contributed by atoms with E-state index in [4.69, 9.17) is 0 Å². The van der Waals surface area contributed by atoms with Crippen LogP contribution in [0, 0.1) is 5.92 Å². The van der Waals surface area contributed by atoms with Gasteiger partial charge in [0.1, 0.15) is 11.8 Å². The minimum atomic E-state index is -4.74. The van der Waals surface area contributed by atoms with Gasteiger partial charge in [0.15, 0.2) is 0 Å². The van der Waals surface area contributed by atoms with Gasteiger partial charge in [-0.2, -0.15) is 0 Å². The lowest BCUT2D eigenvalue weighted by Crippen LogP contribution is -2.48. The van der Waals surface area contributed by atoms with Crippen molar-refractivity contribution in [1.29, 1.82) is 0 Å². The maximum absolute atomic E-state index is 13.0. The Kier molecular flexibility index (Phi) is 10.7. The smallest absolute Gasteiger partial charge is 0.406 e. The number of anilines is 1. The van der Waals surface area contributed by atoms with E-state index in [-0.39, 0.29) is 23.5 Å². The maximum atomic E-state index is 13.0. The van der Waals surface area contributed by atoms with Crippen LogP contribution in [0.4, 0.5) is 18.9 Å². The monoisotopic (exact) mass is 519 g/mol. The molecular weight excluding hydrogens is 483 g/mol. The molecule has 0 aliphatic heterocycles. The molecule has 3 rings (SSSR count). The Bertz CT molecular complexity index is 978. The predicted molar refractivity (Wildman–Crippen MR) is 137 cm³/mol. The molecule has 1 aliphatic rings. The highest BCUT2D eigenvalue weighted by Gasteiger charge is 2.31. The Morgan fingerprint density at radius 1 is 0.946 bits per heavy atom. The number of halogens is 3. The Morgan fingerprint density at radius 2 is 1.62 bits per heavy atom. The topological polar surface area (TPSA) is 79.5 Å². The van der Waals surface area contributed by atoms with Crippen molar-refractivity contribution in [3.8, 4) is 5.75 Å². The molecular formula is C28H36F3N3O3. The Balaban J connectivity index is 1.50. The largest absolute Gasteiger partial charge is 0.573 e. The first-order valence-electron chi connectivity index (χ1n) is 12.9. The molecule has 2 amide bonds. The summed E-state index contributed by atoms with van der Waals surface area (Å²) in [7, 11) is 0. The van der Waals surface area contributed by atoms with Gasteiger partial charge >= 0.3 is 6.36 Å². The molecule has 9 heteroatoms. The summed E-state index contributed by atoms with van der Waals surface area (Å²) in [6, 6.07) is 14.2. The van der Waals surface area contributed by atoms with Crippen LogP contribution >= 0.6 is 0 Å². The fourth-order valence-corrected chi connectivity index (χ4v) is 4.63. The van der Waals surface area contributed by atoms with Crippen molar-refractivity contribution < 1.29 is 27.5 Å². The molecule has 202 valence electrons. The number of nitrogens with one attached hydrogen (secondary N) is 3. The van der Waals surface area contributed by atoms with Gasteiger partial charge in [0, 0.05) is 18.8 Å². The van der Waals surface area contributed by atoms with Crippen LogP contribution in [0.1, 0.15) is 63.4 Å². The minimum absolute atomic E-state index is 0.186. The van der Waals surface area contributed by atoms with Gasteiger partial charge < -0.3 is 20.7 Å². The van der Waals surface area contributed by atoms with Crippen molar-refractivity contribution in [1.82, 2.24) is 10.6 Å². The van der Waals surface area contributed by atoms with Crippen LogP contribution in [0.3, 0.4) is 0 Å². The number of benzene rings is 2. The zero-order valence-electron chi connectivity index (χ0n) is 21.2. The molecule has 2 atom stereocenters. The zero-order chi connectivity index (χ0) is 26.7. The quantitative estimate of drug-likeness (QED) is 0.312. The summed E-state index contributed by atoms with van der Waals surface area (Å²) in [5.74, 6) is -0.516. The van der Waals surface area contributed by atoms with Crippen LogP contribution in [0.15, 0.2) is 54.6 Å². The fraction of sp³-hybridized carbons (Fsp3) is 0.500. The lowest BCUT2D eigenvalue weighted by atomic mass is 9.85. The fourth-order valence-electron chi connectivity index (χ4n) is 4.63. The van der Waals surface area contributed by atoms with Crippen molar-refractivity contribution in [2.24, 2.45) is 5.92 Å². The van der Waals surface area contributed by atoms with Gasteiger partial charge in [-0.25, -0.2) is 0 Å². The second-order valence-electron chi connectivity index (χ2n) is 9.56. The van der Waals surface area contributed by atoms with Crippen molar-refractivity contribution in [3.63, 3.8) is 0 Å². The molecule has 0 radical (unpaired) electrons. The Labute approximate surface area is 216 Å². The van der Waals surface area contributed by atoms with Crippen molar-refractivity contribution >= 4 is 17.5 Å². The molecule has 2 aromatic rings. The summed E-state index contributed by atoms with van der Waals surface area (Å²) in [6.07, 6.45) is 2.76. The number of ether oxygens (including phenoxy) is 1. The number of hydrogen-bond acceptors (Lipinski definition) is 4. The summed E-state index contributed by atoms with van der Waals surface area (Å²) < 4.78 is 40.8. The molecule has 1 fully saturated rings. The zero-order valence-corrected chi connectivity index (χ0v) is 21.2. The third kappa shape index (κ3) is 9.98. The van der Waals surface area contributed by atoms with Crippen LogP contribution in [0.2, 0.25) is 0 Å². The molecule has 0 saturated heterocycles. The first-order valence-corrected chi connectivity index (χ1v) is 12.9. The SMILES string of the molecule is C[C@H](C(=O)NC(CCC1CCCCC1)C(=O)NCCNc1ccc(OC(F)(F)F)cc1)c1ccccc1. The van der Waals surface area contributed by atoms with E-state index in [9.17, 15) is 22.8 Å². The molecule has 2 aromatic carbocycles. The van der Waals surface area contributed by atoms with Crippen LogP contribution in [-0.4, -0.2) is 37.3 Å². The third-order valence-corrected chi connectivity index (χ3v) is 6.76. The molecule has 0 bridgehead atoms. The van der Waals surface area contributed by atoms with E-state index >= 15 is 0 Å². The normalized spacial score (nSPS) is 15.9. The van der Waals surface area contributed by atoms with Crippen molar-refractivity contribution in [2.75, 3.05) is 18.4 Å². The number of carbonyl (C=O) groups excluding carboxylic acids is 2. The molecule has 6 nitrogen and oxygen atoms in total. The maximum Gasteiger partial charge on any atom is 0.573 e. The summed E-state index contributed by atoms with van der Waals surface area (Å²) in [4.78, 5) is 26.0. The van der Waals surface area contributed by atoms with E-state index in [0.717, 1.165) is 12.0 Å². The molecule has 37 heavy (non-hydrogen) atoms. The van der Waals surface area contributed by atoms with Gasteiger partial charge in [0.05, 0.1) is 5.92 Å². The second-order valence-corrected chi connectivity index (χ2v) is 9.56. The van der Waals surface area contributed by atoms with Gasteiger partial charge in [-0.05, 0) is 55.5 Å². The molecule has 0 aromatic heterocycles. The first-order chi connectivity index (χ1) is 17.7. The highest BCUT2D eigenvalue weighted by Crippen LogP contribution is 2.28. The standard InChI is InChI=1S/C28H36F3N3O3/c1-20(22-10-6-3-7-11-22)26(35)34-25(17-12-21-8-4-2-5-9-21)27(36)33-19-18-32-23-13-15-24(16-14-23)37-28(29,30)31/h3,6-7,10-11,13-16,20-21,25,32H,2,4-5,8-9,12,17-19H2,1H3,(H,33,36)(H,34,35)/t20-,25?/m0/s1. The van der Waals surface area contributed by atoms with Gasteiger partial charge in [-0.15, -0.1) is 13.2 Å². The van der Waals surface area contributed by atoms with Crippen LogP contribution in [0.5, 0.6) is 5.75 Å². The number of hydrogen-bond donors (Lipinski definition) is 3. The molecule has 1 unspecified atom stereocenters. The van der Waals surface area contributed by atoms with E-state index < -0.39 is 12.4 Å². The average Bonchev–Trinajstić information content (AvgIpc) is 2.89. The van der Waals surface area contributed by atoms with E-state index in [2.05, 4.69) is 20.7 Å². The predicted octanol–water partition coefficient (Wildman–Crippen LogP) is 5.76. The van der Waals surface area contributed by atoms with Crippen LogP contribution in [0.25, 0.3) is 0 Å². The van der Waals surface area contributed by atoms with Gasteiger partial charge in [-0.1, -0.05) is 62.4 Å². The number of amides is 2.